The van der Waals surface area contributed by atoms with Crippen molar-refractivity contribution < 1.29 is 13.9 Å². The first-order valence-electron chi connectivity index (χ1n) is 15.5. The molecule has 0 saturated carbocycles. The van der Waals surface area contributed by atoms with Crippen LogP contribution in [0.3, 0.4) is 0 Å². The Morgan fingerprint density at radius 2 is 1.57 bits per heavy atom. The summed E-state index contributed by atoms with van der Waals surface area (Å²) in [6, 6.07) is 14.6. The second-order valence-corrected chi connectivity index (χ2v) is 12.8. The summed E-state index contributed by atoms with van der Waals surface area (Å²) in [7, 11) is 0. The zero-order valence-corrected chi connectivity index (χ0v) is 25.1. The molecular weight excluding hydrogens is 501 g/mol. The van der Waals surface area contributed by atoms with Gasteiger partial charge in [0.2, 0.25) is 5.91 Å². The van der Waals surface area contributed by atoms with E-state index >= 15 is 0 Å². The highest BCUT2D eigenvalue weighted by Gasteiger charge is 2.27. The van der Waals surface area contributed by atoms with Crippen LogP contribution in [0.1, 0.15) is 70.4 Å². The Kier molecular flexibility index (Phi) is 11.4. The lowest BCUT2D eigenvalue weighted by Crippen LogP contribution is -2.47. The first kappa shape index (κ1) is 30.5. The van der Waals surface area contributed by atoms with Crippen molar-refractivity contribution >= 4 is 5.91 Å². The van der Waals surface area contributed by atoms with Crippen molar-refractivity contribution in [3.8, 4) is 5.75 Å². The minimum atomic E-state index is -0.336. The van der Waals surface area contributed by atoms with Crippen LogP contribution in [0, 0.1) is 23.6 Å². The summed E-state index contributed by atoms with van der Waals surface area (Å²) in [5.41, 5.74) is 1.91. The van der Waals surface area contributed by atoms with Gasteiger partial charge in [0.25, 0.3) is 0 Å². The number of amides is 1. The number of ether oxygens (including phenoxy) is 1. The van der Waals surface area contributed by atoms with Gasteiger partial charge in [-0.05, 0) is 98.3 Å². The molecule has 0 spiro atoms. The molecule has 2 saturated heterocycles. The predicted molar refractivity (Wildman–Crippen MR) is 161 cm³/mol. The van der Waals surface area contributed by atoms with Gasteiger partial charge in [0, 0.05) is 32.2 Å². The Balaban J connectivity index is 1.29. The van der Waals surface area contributed by atoms with Crippen molar-refractivity contribution in [3.05, 3.63) is 65.5 Å². The van der Waals surface area contributed by atoms with Crippen LogP contribution in [-0.2, 0) is 11.2 Å². The van der Waals surface area contributed by atoms with Crippen LogP contribution < -0.4 is 10.1 Å². The van der Waals surface area contributed by atoms with E-state index in [2.05, 4.69) is 42.8 Å². The lowest BCUT2D eigenvalue weighted by Gasteiger charge is -2.36. The minimum Gasteiger partial charge on any atom is -0.493 e. The molecule has 0 aliphatic carbocycles. The van der Waals surface area contributed by atoms with Crippen molar-refractivity contribution in [2.24, 2.45) is 17.8 Å². The molecule has 0 aromatic heterocycles. The van der Waals surface area contributed by atoms with E-state index in [9.17, 15) is 9.18 Å². The Morgan fingerprint density at radius 3 is 2.20 bits per heavy atom. The van der Waals surface area contributed by atoms with Crippen molar-refractivity contribution in [2.45, 2.75) is 71.8 Å². The third-order valence-electron chi connectivity index (χ3n) is 8.36. The minimum absolute atomic E-state index is 0.0481. The molecule has 2 aliphatic rings. The first-order chi connectivity index (χ1) is 19.2. The van der Waals surface area contributed by atoms with Crippen LogP contribution in [-0.4, -0.2) is 67.6 Å². The highest BCUT2D eigenvalue weighted by atomic mass is 19.1. The summed E-state index contributed by atoms with van der Waals surface area (Å²) in [4.78, 5) is 18.8. The molecule has 1 amide bonds. The summed E-state index contributed by atoms with van der Waals surface area (Å²) >= 11 is 0. The van der Waals surface area contributed by atoms with Gasteiger partial charge in [-0.3, -0.25) is 4.79 Å². The van der Waals surface area contributed by atoms with Crippen LogP contribution >= 0.6 is 0 Å². The van der Waals surface area contributed by atoms with E-state index < -0.39 is 0 Å². The molecule has 3 atom stereocenters. The zero-order valence-electron chi connectivity index (χ0n) is 25.1. The summed E-state index contributed by atoms with van der Waals surface area (Å²) < 4.78 is 19.4. The number of halogens is 1. The van der Waals surface area contributed by atoms with Gasteiger partial charge in [-0.1, -0.05) is 52.0 Å². The highest BCUT2D eigenvalue weighted by molar-refractivity contribution is 5.84. The standard InChI is InChI=1S/C34H50FN3O2/c1-25(2)24-40-32-12-8-29(9-13-32)33(21-28-6-10-30(35)11-7-28)34(39)36-31-14-18-37(19-15-31)16-5-17-38-22-26(3)20-27(4)23-38/h6-13,25-27,31,33H,5,14-24H2,1-4H3,(H,36,39). The number of likely N-dealkylation sites (tertiary alicyclic amines) is 2. The Hall–Kier alpha value is -2.44. The van der Waals surface area contributed by atoms with E-state index in [1.54, 1.807) is 12.1 Å². The molecule has 2 aromatic rings. The predicted octanol–water partition coefficient (Wildman–Crippen LogP) is 6.14. The van der Waals surface area contributed by atoms with Crippen LogP contribution in [0.2, 0.25) is 0 Å². The normalized spacial score (nSPS) is 21.9. The number of carbonyl (C=O) groups is 1. The van der Waals surface area contributed by atoms with Gasteiger partial charge in [0.15, 0.2) is 0 Å². The average molecular weight is 552 g/mol. The van der Waals surface area contributed by atoms with E-state index in [0.29, 0.717) is 18.9 Å². The maximum absolute atomic E-state index is 13.6. The molecule has 1 N–H and O–H groups in total. The third-order valence-corrected chi connectivity index (χ3v) is 8.36. The SMILES string of the molecule is CC(C)COc1ccc(C(Cc2ccc(F)cc2)C(=O)NC2CCN(CCCN3CC(C)CC(C)C3)CC2)cc1. The van der Waals surface area contributed by atoms with Gasteiger partial charge in [-0.2, -0.15) is 0 Å². The fourth-order valence-electron chi connectivity index (χ4n) is 6.37. The van der Waals surface area contributed by atoms with Crippen molar-refractivity contribution in [1.82, 2.24) is 15.1 Å². The van der Waals surface area contributed by atoms with E-state index in [-0.39, 0.29) is 23.7 Å². The molecule has 0 radical (unpaired) electrons. The Morgan fingerprint density at radius 1 is 0.950 bits per heavy atom. The van der Waals surface area contributed by atoms with Crippen LogP contribution in [0.4, 0.5) is 4.39 Å². The lowest BCUT2D eigenvalue weighted by atomic mass is 9.90. The van der Waals surface area contributed by atoms with Crippen molar-refractivity contribution in [1.29, 1.82) is 0 Å². The van der Waals surface area contributed by atoms with Gasteiger partial charge >= 0.3 is 0 Å². The van der Waals surface area contributed by atoms with E-state index in [0.717, 1.165) is 61.2 Å². The second kappa shape index (κ2) is 15.0. The summed E-state index contributed by atoms with van der Waals surface area (Å²) in [6.45, 7) is 16.5. The lowest BCUT2D eigenvalue weighted by molar-refractivity contribution is -0.123. The molecular formula is C34H50FN3O2. The van der Waals surface area contributed by atoms with Gasteiger partial charge in [0.1, 0.15) is 11.6 Å². The van der Waals surface area contributed by atoms with Gasteiger partial charge in [0.05, 0.1) is 12.5 Å². The molecule has 2 aromatic carbocycles. The Bertz CT molecular complexity index is 1020. The number of benzene rings is 2. The smallest absolute Gasteiger partial charge is 0.228 e. The number of nitrogens with zero attached hydrogens (tertiary/aromatic N) is 2. The third kappa shape index (κ3) is 9.59. The molecule has 3 unspecified atom stereocenters. The number of hydrogen-bond acceptors (Lipinski definition) is 4. The molecule has 6 heteroatoms. The molecule has 5 nitrogen and oxygen atoms in total. The molecule has 4 rings (SSSR count). The monoisotopic (exact) mass is 551 g/mol. The molecule has 2 heterocycles. The van der Waals surface area contributed by atoms with Crippen LogP contribution in [0.15, 0.2) is 48.5 Å². The van der Waals surface area contributed by atoms with E-state index in [1.807, 2.05) is 24.3 Å². The van der Waals surface area contributed by atoms with Gasteiger partial charge in [-0.15, -0.1) is 0 Å². The molecule has 40 heavy (non-hydrogen) atoms. The van der Waals surface area contributed by atoms with E-state index in [1.165, 1.54) is 44.6 Å². The second-order valence-electron chi connectivity index (χ2n) is 12.8. The fourth-order valence-corrected chi connectivity index (χ4v) is 6.37. The number of piperidine rings is 2. The maximum atomic E-state index is 13.6. The molecule has 2 aliphatic heterocycles. The quantitative estimate of drug-likeness (QED) is 0.344. The topological polar surface area (TPSA) is 44.8 Å². The fraction of sp³-hybridized carbons (Fsp3) is 0.618. The van der Waals surface area contributed by atoms with Crippen LogP contribution in [0.25, 0.3) is 0 Å². The molecule has 0 bridgehead atoms. The highest BCUT2D eigenvalue weighted by Crippen LogP contribution is 2.26. The average Bonchev–Trinajstić information content (AvgIpc) is 2.92. The number of rotatable bonds is 12. The largest absolute Gasteiger partial charge is 0.493 e. The number of carbonyl (C=O) groups excluding carboxylic acids is 1. The molecule has 2 fully saturated rings. The number of nitrogens with one attached hydrogen (secondary N) is 1. The van der Waals surface area contributed by atoms with Gasteiger partial charge in [-0.25, -0.2) is 4.39 Å². The Labute approximate surface area is 241 Å². The summed E-state index contributed by atoms with van der Waals surface area (Å²) in [5, 5.41) is 3.36. The van der Waals surface area contributed by atoms with Crippen molar-refractivity contribution in [3.63, 3.8) is 0 Å². The number of hydrogen-bond donors (Lipinski definition) is 1. The van der Waals surface area contributed by atoms with Crippen molar-refractivity contribution in [2.75, 3.05) is 45.9 Å². The zero-order chi connectivity index (χ0) is 28.5. The van der Waals surface area contributed by atoms with E-state index in [4.69, 9.17) is 4.74 Å². The molecule has 220 valence electrons. The maximum Gasteiger partial charge on any atom is 0.228 e. The first-order valence-corrected chi connectivity index (χ1v) is 15.5. The summed E-state index contributed by atoms with van der Waals surface area (Å²) in [5.74, 6) is 2.34. The summed E-state index contributed by atoms with van der Waals surface area (Å²) in [6.07, 6.45) is 5.07. The van der Waals surface area contributed by atoms with Crippen LogP contribution in [0.5, 0.6) is 5.75 Å². The van der Waals surface area contributed by atoms with Gasteiger partial charge < -0.3 is 19.9 Å².